The summed E-state index contributed by atoms with van der Waals surface area (Å²) in [6.45, 7) is 5.75. The van der Waals surface area contributed by atoms with Crippen LogP contribution in [0.25, 0.3) is 0 Å². The minimum absolute atomic E-state index is 0.596. The first-order chi connectivity index (χ1) is 6.88. The summed E-state index contributed by atoms with van der Waals surface area (Å²) < 4.78 is 0. The Kier molecular flexibility index (Phi) is 2.99. The molecule has 1 fully saturated rings. The lowest BCUT2D eigenvalue weighted by Gasteiger charge is -2.15. The molecule has 0 saturated carbocycles. The zero-order valence-corrected chi connectivity index (χ0v) is 8.61. The summed E-state index contributed by atoms with van der Waals surface area (Å²) in [7, 11) is 0. The molecule has 1 aliphatic heterocycles. The van der Waals surface area contributed by atoms with Gasteiger partial charge in [-0.05, 0) is 25.1 Å². The van der Waals surface area contributed by atoms with Crippen LogP contribution in [0.5, 0.6) is 0 Å². The Hall–Kier alpha value is -1.09. The minimum Gasteiger partial charge on any atom is -0.380 e. The highest BCUT2D eigenvalue weighted by molar-refractivity contribution is 5.41. The van der Waals surface area contributed by atoms with E-state index in [9.17, 15) is 0 Å². The number of nitrogens with one attached hydrogen (secondary N) is 1. The second-order valence-corrected chi connectivity index (χ2v) is 3.76. The standard InChI is InChI=1S/C11H17N3/c1-2-14-7-5-11(9-14)13-10-4-3-6-12-8-10/h3-4,6,8,11,13H,2,5,7,9H2,1H3/t11-/m0/s1. The maximum atomic E-state index is 4.09. The first-order valence-electron chi connectivity index (χ1n) is 5.27. The van der Waals surface area contributed by atoms with Crippen molar-refractivity contribution in [2.75, 3.05) is 25.0 Å². The average molecular weight is 191 g/mol. The van der Waals surface area contributed by atoms with Crippen molar-refractivity contribution in [1.82, 2.24) is 9.88 Å². The quantitative estimate of drug-likeness (QED) is 0.786. The highest BCUT2D eigenvalue weighted by Gasteiger charge is 2.20. The highest BCUT2D eigenvalue weighted by Crippen LogP contribution is 2.14. The summed E-state index contributed by atoms with van der Waals surface area (Å²) >= 11 is 0. The Labute approximate surface area is 85.1 Å². The molecule has 3 nitrogen and oxygen atoms in total. The lowest BCUT2D eigenvalue weighted by molar-refractivity contribution is 0.356. The molecule has 1 aromatic heterocycles. The predicted molar refractivity (Wildman–Crippen MR) is 58.4 cm³/mol. The first kappa shape index (κ1) is 9.46. The predicted octanol–water partition coefficient (Wildman–Crippen LogP) is 1.59. The molecule has 0 spiro atoms. The maximum Gasteiger partial charge on any atom is 0.0529 e. The van der Waals surface area contributed by atoms with Gasteiger partial charge in [-0.2, -0.15) is 0 Å². The van der Waals surface area contributed by atoms with Crippen LogP contribution in [0.15, 0.2) is 24.5 Å². The van der Waals surface area contributed by atoms with Gasteiger partial charge in [0.15, 0.2) is 0 Å². The molecule has 1 aromatic rings. The second-order valence-electron chi connectivity index (χ2n) is 3.76. The largest absolute Gasteiger partial charge is 0.380 e. The van der Waals surface area contributed by atoms with Crippen molar-refractivity contribution in [2.24, 2.45) is 0 Å². The van der Waals surface area contributed by atoms with Gasteiger partial charge in [0, 0.05) is 31.5 Å². The van der Waals surface area contributed by atoms with Crippen LogP contribution < -0.4 is 5.32 Å². The van der Waals surface area contributed by atoms with E-state index >= 15 is 0 Å². The second kappa shape index (κ2) is 4.42. The number of nitrogens with zero attached hydrogens (tertiary/aromatic N) is 2. The molecule has 0 bridgehead atoms. The van der Waals surface area contributed by atoms with Gasteiger partial charge < -0.3 is 10.2 Å². The average Bonchev–Trinajstić information content (AvgIpc) is 2.67. The Bertz CT molecular complexity index is 273. The van der Waals surface area contributed by atoms with E-state index in [1.165, 1.54) is 13.0 Å². The number of pyridine rings is 1. The van der Waals surface area contributed by atoms with E-state index < -0.39 is 0 Å². The summed E-state index contributed by atoms with van der Waals surface area (Å²) in [6.07, 6.45) is 4.93. The Balaban J connectivity index is 1.88. The van der Waals surface area contributed by atoms with Crippen LogP contribution in [-0.4, -0.2) is 35.6 Å². The third-order valence-electron chi connectivity index (χ3n) is 2.75. The number of hydrogen-bond donors (Lipinski definition) is 1. The van der Waals surface area contributed by atoms with E-state index in [2.05, 4.69) is 28.2 Å². The van der Waals surface area contributed by atoms with Crippen LogP contribution in [0.1, 0.15) is 13.3 Å². The Morgan fingerprint density at radius 3 is 3.21 bits per heavy atom. The third kappa shape index (κ3) is 2.23. The number of rotatable bonds is 3. The van der Waals surface area contributed by atoms with Crippen molar-refractivity contribution in [1.29, 1.82) is 0 Å². The Morgan fingerprint density at radius 1 is 1.64 bits per heavy atom. The monoisotopic (exact) mass is 191 g/mol. The van der Waals surface area contributed by atoms with Crippen molar-refractivity contribution >= 4 is 5.69 Å². The van der Waals surface area contributed by atoms with Gasteiger partial charge in [0.25, 0.3) is 0 Å². The molecule has 1 atom stereocenters. The van der Waals surface area contributed by atoms with Gasteiger partial charge in [-0.3, -0.25) is 4.98 Å². The molecule has 0 amide bonds. The Morgan fingerprint density at radius 2 is 2.57 bits per heavy atom. The van der Waals surface area contributed by atoms with Crippen molar-refractivity contribution in [3.63, 3.8) is 0 Å². The van der Waals surface area contributed by atoms with Crippen LogP contribution in [0.2, 0.25) is 0 Å². The normalized spacial score (nSPS) is 22.5. The van der Waals surface area contributed by atoms with Crippen LogP contribution in [-0.2, 0) is 0 Å². The zero-order valence-electron chi connectivity index (χ0n) is 8.61. The fourth-order valence-corrected chi connectivity index (χ4v) is 1.92. The van der Waals surface area contributed by atoms with Crippen LogP contribution in [0.3, 0.4) is 0 Å². The van der Waals surface area contributed by atoms with Crippen LogP contribution >= 0.6 is 0 Å². The van der Waals surface area contributed by atoms with Crippen molar-refractivity contribution < 1.29 is 0 Å². The van der Waals surface area contributed by atoms with E-state index in [1.807, 2.05) is 12.3 Å². The first-order valence-corrected chi connectivity index (χ1v) is 5.27. The van der Waals surface area contributed by atoms with E-state index in [4.69, 9.17) is 0 Å². The van der Waals surface area contributed by atoms with Gasteiger partial charge in [0.2, 0.25) is 0 Å². The van der Waals surface area contributed by atoms with E-state index in [0.29, 0.717) is 6.04 Å². The minimum atomic E-state index is 0.596. The van der Waals surface area contributed by atoms with Crippen molar-refractivity contribution in [2.45, 2.75) is 19.4 Å². The third-order valence-corrected chi connectivity index (χ3v) is 2.75. The molecule has 2 heterocycles. The number of anilines is 1. The van der Waals surface area contributed by atoms with Gasteiger partial charge in [-0.15, -0.1) is 0 Å². The molecule has 0 aliphatic carbocycles. The van der Waals surface area contributed by atoms with E-state index in [1.54, 1.807) is 6.20 Å². The SMILES string of the molecule is CCN1CC[C@H](Nc2cccnc2)C1. The molecule has 1 aliphatic rings. The fourth-order valence-electron chi connectivity index (χ4n) is 1.92. The van der Waals surface area contributed by atoms with Crippen LogP contribution in [0, 0.1) is 0 Å². The number of aromatic nitrogens is 1. The van der Waals surface area contributed by atoms with Gasteiger partial charge in [-0.25, -0.2) is 0 Å². The lowest BCUT2D eigenvalue weighted by Crippen LogP contribution is -2.25. The molecule has 76 valence electrons. The topological polar surface area (TPSA) is 28.2 Å². The summed E-state index contributed by atoms with van der Waals surface area (Å²) in [5.74, 6) is 0. The van der Waals surface area contributed by atoms with Gasteiger partial charge >= 0.3 is 0 Å². The maximum absolute atomic E-state index is 4.09. The smallest absolute Gasteiger partial charge is 0.0529 e. The molecular weight excluding hydrogens is 174 g/mol. The van der Waals surface area contributed by atoms with Crippen molar-refractivity contribution in [3.05, 3.63) is 24.5 Å². The van der Waals surface area contributed by atoms with Crippen molar-refractivity contribution in [3.8, 4) is 0 Å². The van der Waals surface area contributed by atoms with Gasteiger partial charge in [0.1, 0.15) is 0 Å². The van der Waals surface area contributed by atoms with E-state index in [0.717, 1.165) is 18.8 Å². The molecule has 1 saturated heterocycles. The highest BCUT2D eigenvalue weighted by atomic mass is 15.2. The summed E-state index contributed by atoms with van der Waals surface area (Å²) in [4.78, 5) is 6.56. The number of likely N-dealkylation sites (tertiary alicyclic amines) is 1. The van der Waals surface area contributed by atoms with E-state index in [-0.39, 0.29) is 0 Å². The number of hydrogen-bond acceptors (Lipinski definition) is 3. The van der Waals surface area contributed by atoms with Gasteiger partial charge in [-0.1, -0.05) is 6.92 Å². The summed E-state index contributed by atoms with van der Waals surface area (Å²) in [5.41, 5.74) is 1.13. The molecule has 0 aromatic carbocycles. The molecule has 0 radical (unpaired) electrons. The molecule has 2 rings (SSSR count). The molecule has 0 unspecified atom stereocenters. The summed E-state index contributed by atoms with van der Waals surface area (Å²) in [6, 6.07) is 4.63. The molecule has 14 heavy (non-hydrogen) atoms. The van der Waals surface area contributed by atoms with Crippen LogP contribution in [0.4, 0.5) is 5.69 Å². The molecule has 1 N–H and O–H groups in total. The molecule has 3 heteroatoms. The van der Waals surface area contributed by atoms with Gasteiger partial charge in [0.05, 0.1) is 5.69 Å². The fraction of sp³-hybridized carbons (Fsp3) is 0.545. The molecular formula is C11H17N3. The zero-order chi connectivity index (χ0) is 9.80. The summed E-state index contributed by atoms with van der Waals surface area (Å²) in [5, 5.41) is 3.50. The lowest BCUT2D eigenvalue weighted by atomic mass is 10.2. The number of likely N-dealkylation sites (N-methyl/N-ethyl adjacent to an activating group) is 1.